The molecule has 0 atom stereocenters. The number of carbonyl (C=O) groups is 1. The van der Waals surface area contributed by atoms with Crippen molar-refractivity contribution < 1.29 is 260 Å². The molecule has 0 radical (unpaired) electrons. The first-order chi connectivity index (χ1) is 38.0. The molecule has 2 heterocycles. The Kier molecular flexibility index (Phi) is 29.9. The van der Waals surface area contributed by atoms with Crippen LogP contribution in [0.3, 0.4) is 0 Å². The van der Waals surface area contributed by atoms with Crippen LogP contribution >= 0.6 is 23.2 Å². The third-order valence-electron chi connectivity index (χ3n) is 10.3. The van der Waals surface area contributed by atoms with Crippen LogP contribution in [0.5, 0.6) is 0 Å². The number of hydrazone groups is 1. The molecule has 2 aromatic heterocycles. The fourth-order valence-corrected chi connectivity index (χ4v) is 10.8. The number of halogens is 2. The predicted octanol–water partition coefficient (Wildman–Crippen LogP) is -16.9. The summed E-state index contributed by atoms with van der Waals surface area (Å²) in [5, 5.41) is 10.0. The van der Waals surface area contributed by atoms with Gasteiger partial charge in [-0.2, -0.15) is 15.1 Å². The van der Waals surface area contributed by atoms with E-state index < -0.39 is 146 Å². The van der Waals surface area contributed by atoms with Gasteiger partial charge in [0.2, 0.25) is 38.8 Å². The quantitative estimate of drug-likeness (QED) is 0.0194. The van der Waals surface area contributed by atoms with Gasteiger partial charge in [0.15, 0.2) is 0 Å². The van der Waals surface area contributed by atoms with Gasteiger partial charge in [0, 0.05) is 0 Å². The first-order valence-electron chi connectivity index (χ1n) is 21.1. The number of hydrogen-bond donors (Lipinski definition) is 6. The van der Waals surface area contributed by atoms with Crippen molar-refractivity contribution in [2.45, 2.75) is 24.5 Å². The van der Waals surface area contributed by atoms with Crippen molar-refractivity contribution in [1.29, 1.82) is 0 Å². The fraction of sp³-hybridized carbons (Fsp3) is 0. The summed E-state index contributed by atoms with van der Waals surface area (Å²) in [5.74, 6) is -1.69. The maximum atomic E-state index is 14.3. The van der Waals surface area contributed by atoms with E-state index in [-0.39, 0.29) is 223 Å². The zero-order valence-electron chi connectivity index (χ0n) is 45.3. The second-order valence-corrected chi connectivity index (χ2v) is 24.7. The monoisotopic (exact) mass is 1420 g/mol. The molecular weight excluding hydrogens is 1400 g/mol. The van der Waals surface area contributed by atoms with Crippen LogP contribution in [0.1, 0.15) is 15.9 Å². The normalized spacial score (nSPS) is 14.1. The number of nitrogens with zero attached hydrogens (tertiary/aromatic N) is 9. The standard InChI is InChI=1S/C40H29Cl2N15O19S6.6Na/c41-35-48-37(44-18-3-1-5-22(13-18)77(59,60)61)52-39(50-35)46-20-7-9-26(79(65,66)67)24(15-20)54-56-32-28(81(71,72)73)11-17-12-29(82(74,75)76)33(34(58)30(17)31(32)43)57-55-25-16-21(8-10-27(25)80(68,69)70)47-40-51-36(42)49-38(53-40)45-19-4-2-6-23(14-19)78(62,63)64;;;;;;/h1-16,55H,43H2,(H,59,60,61)(H,62,63,64)(H,65,66,67)(H,68,69,70)(H,71,72,73)(H,74,75,76)(H2,44,46,48,50,52)(H2,45,47,49,51,53);;;;;;/q;6*+1/p-6/b56-54?,57-33+;;;;;;. The predicted molar refractivity (Wildman–Crippen MR) is 270 cm³/mol. The molecule has 7 aromatic rings. The molecule has 0 aliphatic heterocycles. The van der Waals surface area contributed by atoms with Gasteiger partial charge in [-0.3, -0.25) is 20.2 Å². The largest absolute Gasteiger partial charge is 1.00 e. The van der Waals surface area contributed by atoms with E-state index in [1.165, 1.54) is 24.3 Å². The van der Waals surface area contributed by atoms with E-state index in [0.717, 1.165) is 48.5 Å². The number of nitrogens with one attached hydrogen (secondary N) is 5. The Hall–Kier alpha value is -2.36. The van der Waals surface area contributed by atoms with Crippen molar-refractivity contribution in [2.24, 2.45) is 35.3 Å². The summed E-state index contributed by atoms with van der Waals surface area (Å²) >= 11 is 12.2. The number of hydrogen-bond acceptors (Lipinski definition) is 30. The summed E-state index contributed by atoms with van der Waals surface area (Å²) in [4.78, 5) is 41.8. The minimum atomic E-state index is -5.89. The van der Waals surface area contributed by atoms with Gasteiger partial charge in [0.05, 0.1) is 69.1 Å². The van der Waals surface area contributed by atoms with Crippen LogP contribution in [0.25, 0.3) is 6.08 Å². The number of fused-ring (bicyclic) bond motifs is 1. The summed E-state index contributed by atoms with van der Waals surface area (Å²) in [5.41, 5.74) is -1.45. The molecule has 1 aliphatic rings. The Labute approximate surface area is 638 Å². The number of anilines is 2. The summed E-state index contributed by atoms with van der Waals surface area (Å²) in [6.45, 7) is 0. The number of Topliss-reactive ketones (excluding diaryl/α,β-unsaturated/α-hetero) is 1. The van der Waals surface area contributed by atoms with Crippen molar-refractivity contribution in [3.8, 4) is 0 Å². The summed E-state index contributed by atoms with van der Waals surface area (Å²) in [7, 11) is -32.6. The van der Waals surface area contributed by atoms with Crippen molar-refractivity contribution >= 4 is 147 Å². The Bertz CT molecular complexity index is 5080. The summed E-state index contributed by atoms with van der Waals surface area (Å²) in [6.07, 6.45) is 0.333. The van der Waals surface area contributed by atoms with Gasteiger partial charge in [0.25, 0.3) is 0 Å². The second kappa shape index (κ2) is 32.2. The van der Waals surface area contributed by atoms with E-state index in [9.17, 15) is 82.6 Å². The zero-order valence-corrected chi connectivity index (χ0v) is 63.7. The number of ketones is 1. The van der Waals surface area contributed by atoms with Gasteiger partial charge in [-0.1, -0.05) is 12.1 Å². The van der Waals surface area contributed by atoms with Crippen LogP contribution in [0.2, 0.25) is 10.6 Å². The first-order valence-corrected chi connectivity index (χ1v) is 30.4. The van der Waals surface area contributed by atoms with E-state index in [0.29, 0.717) is 24.3 Å². The van der Waals surface area contributed by atoms with E-state index in [4.69, 9.17) is 28.9 Å². The van der Waals surface area contributed by atoms with E-state index in [2.05, 4.69) is 65.2 Å². The van der Waals surface area contributed by atoms with Crippen molar-refractivity contribution in [3.63, 3.8) is 0 Å². The number of aromatic amines is 4. The molecular formula is C40H23Cl2N15Na6O19S6. The van der Waals surface area contributed by atoms with Crippen LogP contribution in [0.4, 0.5) is 45.5 Å². The summed E-state index contributed by atoms with van der Waals surface area (Å²) < 4.78 is 220. The maximum absolute atomic E-state index is 14.3. The Morgan fingerprint density at radius 2 is 0.932 bits per heavy atom. The number of rotatable bonds is 14. The molecule has 5 aromatic carbocycles. The third kappa shape index (κ3) is 20.8. The number of azo groups is 1. The molecule has 0 saturated heterocycles. The van der Waals surface area contributed by atoms with Gasteiger partial charge < -0.3 is 43.0 Å². The number of allylic oxidation sites excluding steroid dienone is 1. The molecule has 8 rings (SSSR count). The minimum absolute atomic E-state index is 0. The van der Waals surface area contributed by atoms with Gasteiger partial charge in [0.1, 0.15) is 77.8 Å². The molecule has 0 fully saturated rings. The zero-order chi connectivity index (χ0) is 60.1. The molecule has 48 heteroatoms. The minimum Gasteiger partial charge on any atom is -0.744 e. The van der Waals surface area contributed by atoms with E-state index in [1.54, 1.807) is 0 Å². The number of benzene rings is 5. The molecule has 0 saturated carbocycles. The SMILES string of the molecule is Nc1c(N=Nc2cc(N=c3[nH]c(Cl)nc(=Nc4cccc(S(=O)(=O)[O-])c4)[nH]3)ccc2S(=O)(=O)[O-])c(S(=O)(=O)[O-])cc2c1C(=O)/C(=N/Nc1cc(N=c3[nH]c(Cl)nc(=Nc4cccc(S(=O)(=O)[O-])c4)[nH]3)ccc1S(=O)(=O)[O-])C(S(=O)(=O)[O-])=C2.[Na+].[Na+].[Na+].[Na+].[Na+].[Na+]. The molecule has 0 amide bonds. The van der Waals surface area contributed by atoms with Gasteiger partial charge in [-0.05, 0) is 114 Å². The molecule has 34 nitrogen and oxygen atoms in total. The van der Waals surface area contributed by atoms with Gasteiger partial charge in [-0.25, -0.2) is 70.5 Å². The van der Waals surface area contributed by atoms with Gasteiger partial charge >= 0.3 is 177 Å². The Morgan fingerprint density at radius 1 is 0.489 bits per heavy atom. The number of H-pyrrole nitrogens is 4. The average molecular weight is 1420 g/mol. The van der Waals surface area contributed by atoms with Crippen LogP contribution in [0, 0.1) is 0 Å². The van der Waals surface area contributed by atoms with Crippen LogP contribution in [0.15, 0.2) is 156 Å². The summed E-state index contributed by atoms with van der Waals surface area (Å²) in [6, 6.07) is 13.8. The van der Waals surface area contributed by atoms with Crippen LogP contribution in [-0.4, -0.2) is 119 Å². The van der Waals surface area contributed by atoms with Crippen molar-refractivity contribution in [1.82, 2.24) is 29.9 Å². The van der Waals surface area contributed by atoms with Gasteiger partial charge in [-0.15, -0.1) is 10.2 Å². The number of carbonyl (C=O) groups excluding carboxylic acids is 1. The second-order valence-electron chi connectivity index (χ2n) is 15.9. The maximum Gasteiger partial charge on any atom is 1.00 e. The van der Waals surface area contributed by atoms with Crippen LogP contribution < -0.4 is 211 Å². The van der Waals surface area contributed by atoms with E-state index in [1.807, 2.05) is 5.43 Å². The number of nitrogens with two attached hydrogens (primary N) is 1. The van der Waals surface area contributed by atoms with Crippen LogP contribution in [-0.2, 0) is 60.7 Å². The molecule has 428 valence electrons. The molecule has 0 unspecified atom stereocenters. The van der Waals surface area contributed by atoms with Crippen molar-refractivity contribution in [2.75, 3.05) is 11.2 Å². The molecule has 0 bridgehead atoms. The Morgan fingerprint density at radius 3 is 1.38 bits per heavy atom. The first kappa shape index (κ1) is 81.7. The topological polar surface area (TPSA) is 574 Å². The number of aromatic nitrogens is 6. The Balaban J connectivity index is 0.00000440. The average Bonchev–Trinajstić information content (AvgIpc) is 0.915. The molecule has 0 spiro atoms. The van der Waals surface area contributed by atoms with E-state index >= 15 is 0 Å². The number of nitrogen functional groups attached to an aromatic ring is 1. The smallest absolute Gasteiger partial charge is 0.744 e. The molecule has 7 N–H and O–H groups in total. The third-order valence-corrected chi connectivity index (χ3v) is 15.8. The molecule has 88 heavy (non-hydrogen) atoms. The van der Waals surface area contributed by atoms with Crippen molar-refractivity contribution in [3.05, 3.63) is 140 Å². The fourth-order valence-electron chi connectivity index (χ4n) is 6.97. The molecule has 1 aliphatic carbocycles.